The van der Waals surface area contributed by atoms with E-state index >= 15 is 0 Å². The fourth-order valence-corrected chi connectivity index (χ4v) is 4.38. The van der Waals surface area contributed by atoms with Crippen molar-refractivity contribution in [2.45, 2.75) is 4.90 Å². The van der Waals surface area contributed by atoms with Gasteiger partial charge in [0.15, 0.2) is 11.5 Å². The summed E-state index contributed by atoms with van der Waals surface area (Å²) in [6.07, 6.45) is 0. The molecule has 0 N–H and O–H groups in total. The van der Waals surface area contributed by atoms with Gasteiger partial charge in [-0.15, -0.1) is 0 Å². The third-order valence-corrected chi connectivity index (χ3v) is 6.18. The zero-order valence-electron chi connectivity index (χ0n) is 15.6. The molecule has 1 heterocycles. The van der Waals surface area contributed by atoms with Gasteiger partial charge in [0.2, 0.25) is 10.0 Å². The van der Waals surface area contributed by atoms with Crippen LogP contribution in [-0.2, 0) is 14.8 Å². The molecule has 28 heavy (non-hydrogen) atoms. The van der Waals surface area contributed by atoms with Gasteiger partial charge >= 0.3 is 5.97 Å². The van der Waals surface area contributed by atoms with Crippen LogP contribution >= 0.6 is 0 Å². The summed E-state index contributed by atoms with van der Waals surface area (Å²) < 4.78 is 48.3. The molecule has 0 bridgehead atoms. The lowest BCUT2D eigenvalue weighted by Crippen LogP contribution is -2.40. The van der Waals surface area contributed by atoms with Gasteiger partial charge in [-0.05, 0) is 30.3 Å². The van der Waals surface area contributed by atoms with Gasteiger partial charge < -0.3 is 18.9 Å². The normalized spacial score (nSPS) is 15.1. The van der Waals surface area contributed by atoms with Crippen LogP contribution in [0.2, 0.25) is 0 Å². The van der Waals surface area contributed by atoms with Gasteiger partial charge in [-0.2, -0.15) is 4.31 Å². The van der Waals surface area contributed by atoms with Crippen molar-refractivity contribution in [2.75, 3.05) is 40.5 Å². The number of benzene rings is 2. The highest BCUT2D eigenvalue weighted by atomic mass is 32.2. The highest BCUT2D eigenvalue weighted by molar-refractivity contribution is 7.89. The lowest BCUT2D eigenvalue weighted by Gasteiger charge is -2.26. The second-order valence-electron chi connectivity index (χ2n) is 5.92. The zero-order valence-corrected chi connectivity index (χ0v) is 16.4. The molecule has 0 aromatic heterocycles. The molecule has 0 radical (unpaired) electrons. The van der Waals surface area contributed by atoms with Crippen LogP contribution in [0.3, 0.4) is 0 Å². The number of sulfonamides is 1. The van der Waals surface area contributed by atoms with Crippen molar-refractivity contribution in [3.8, 4) is 17.2 Å². The van der Waals surface area contributed by atoms with Gasteiger partial charge in [0.05, 0.1) is 33.0 Å². The zero-order chi connectivity index (χ0) is 20.1. The third kappa shape index (κ3) is 4.11. The van der Waals surface area contributed by atoms with Gasteiger partial charge in [-0.25, -0.2) is 13.2 Å². The second kappa shape index (κ2) is 8.59. The lowest BCUT2D eigenvalue weighted by atomic mass is 10.2. The minimum Gasteiger partial charge on any atom is -0.495 e. The lowest BCUT2D eigenvalue weighted by molar-refractivity contribution is 0.0724. The first-order valence-electron chi connectivity index (χ1n) is 8.58. The van der Waals surface area contributed by atoms with Gasteiger partial charge in [0.1, 0.15) is 10.6 Å². The van der Waals surface area contributed by atoms with E-state index in [-0.39, 0.29) is 35.0 Å². The summed E-state index contributed by atoms with van der Waals surface area (Å²) in [5.41, 5.74) is 0.0820. The van der Waals surface area contributed by atoms with Crippen molar-refractivity contribution in [2.24, 2.45) is 0 Å². The number of methoxy groups -OCH3 is 2. The molecule has 1 saturated heterocycles. The molecule has 1 aliphatic rings. The predicted molar refractivity (Wildman–Crippen MR) is 101 cm³/mol. The molecule has 0 aliphatic carbocycles. The first-order chi connectivity index (χ1) is 13.5. The van der Waals surface area contributed by atoms with Crippen molar-refractivity contribution in [1.82, 2.24) is 4.31 Å². The topological polar surface area (TPSA) is 91.4 Å². The fourth-order valence-electron chi connectivity index (χ4n) is 2.79. The largest absolute Gasteiger partial charge is 0.495 e. The minimum absolute atomic E-state index is 0.0820. The molecule has 2 aromatic rings. The van der Waals surface area contributed by atoms with Crippen LogP contribution in [0, 0.1) is 0 Å². The molecule has 2 aromatic carbocycles. The van der Waals surface area contributed by atoms with E-state index in [9.17, 15) is 13.2 Å². The monoisotopic (exact) mass is 407 g/mol. The SMILES string of the molecule is COc1ccccc1OC(=O)c1ccc(OC)c(S(=O)(=O)N2CCOCC2)c1. The molecule has 0 amide bonds. The maximum atomic E-state index is 13.0. The number of carbonyl (C=O) groups is 1. The minimum atomic E-state index is -3.85. The molecule has 1 aliphatic heterocycles. The van der Waals surface area contributed by atoms with E-state index in [1.54, 1.807) is 24.3 Å². The molecule has 0 saturated carbocycles. The Morgan fingerprint density at radius 1 is 0.964 bits per heavy atom. The van der Waals surface area contributed by atoms with Crippen LogP contribution in [0.5, 0.6) is 17.2 Å². The van der Waals surface area contributed by atoms with E-state index in [1.165, 1.54) is 36.7 Å². The molecular formula is C19H21NO7S. The number of hydrogen-bond donors (Lipinski definition) is 0. The van der Waals surface area contributed by atoms with Crippen molar-refractivity contribution >= 4 is 16.0 Å². The Labute approximate surface area is 163 Å². The van der Waals surface area contributed by atoms with Gasteiger partial charge in [0.25, 0.3) is 0 Å². The molecular weight excluding hydrogens is 386 g/mol. The van der Waals surface area contributed by atoms with E-state index < -0.39 is 16.0 Å². The smallest absolute Gasteiger partial charge is 0.343 e. The second-order valence-corrected chi connectivity index (χ2v) is 7.83. The van der Waals surface area contributed by atoms with Crippen LogP contribution in [-0.4, -0.2) is 59.2 Å². The summed E-state index contributed by atoms with van der Waals surface area (Å²) in [7, 11) is -1.01. The Hall–Kier alpha value is -2.62. The fraction of sp³-hybridized carbons (Fsp3) is 0.316. The van der Waals surface area contributed by atoms with E-state index in [4.69, 9.17) is 18.9 Å². The summed E-state index contributed by atoms with van der Waals surface area (Å²) >= 11 is 0. The average Bonchev–Trinajstić information content (AvgIpc) is 2.74. The molecule has 150 valence electrons. The van der Waals surface area contributed by atoms with E-state index in [1.807, 2.05) is 0 Å². The summed E-state index contributed by atoms with van der Waals surface area (Å²) in [6.45, 7) is 1.11. The molecule has 3 rings (SSSR count). The summed E-state index contributed by atoms with van der Waals surface area (Å²) in [5.74, 6) is 0.0832. The summed E-state index contributed by atoms with van der Waals surface area (Å²) in [5, 5.41) is 0. The molecule has 0 spiro atoms. The van der Waals surface area contributed by atoms with Crippen molar-refractivity contribution in [3.63, 3.8) is 0 Å². The highest BCUT2D eigenvalue weighted by Gasteiger charge is 2.30. The Bertz CT molecular complexity index is 953. The number of rotatable bonds is 6. The van der Waals surface area contributed by atoms with E-state index in [0.717, 1.165) is 0 Å². The molecule has 0 atom stereocenters. The Morgan fingerprint density at radius 2 is 1.61 bits per heavy atom. The number of carbonyl (C=O) groups excluding carboxylic acids is 1. The van der Waals surface area contributed by atoms with Gasteiger partial charge in [0, 0.05) is 13.1 Å². The van der Waals surface area contributed by atoms with Crippen LogP contribution in [0.1, 0.15) is 10.4 Å². The van der Waals surface area contributed by atoms with Crippen LogP contribution < -0.4 is 14.2 Å². The van der Waals surface area contributed by atoms with Crippen molar-refractivity contribution in [1.29, 1.82) is 0 Å². The number of nitrogens with zero attached hydrogens (tertiary/aromatic N) is 1. The highest BCUT2D eigenvalue weighted by Crippen LogP contribution is 2.30. The Morgan fingerprint density at radius 3 is 2.25 bits per heavy atom. The standard InChI is InChI=1S/C19H21NO7S/c1-24-15-5-3-4-6-16(15)27-19(21)14-7-8-17(25-2)18(13-14)28(22,23)20-9-11-26-12-10-20/h3-8,13H,9-12H2,1-2H3. The van der Waals surface area contributed by atoms with E-state index in [2.05, 4.69) is 0 Å². The Balaban J connectivity index is 1.93. The van der Waals surface area contributed by atoms with Gasteiger partial charge in [-0.1, -0.05) is 12.1 Å². The first-order valence-corrected chi connectivity index (χ1v) is 10.0. The quantitative estimate of drug-likeness (QED) is 0.534. The molecule has 9 heteroatoms. The maximum Gasteiger partial charge on any atom is 0.343 e. The summed E-state index contributed by atoms with van der Waals surface area (Å²) in [4.78, 5) is 12.5. The van der Waals surface area contributed by atoms with Crippen LogP contribution in [0.25, 0.3) is 0 Å². The van der Waals surface area contributed by atoms with Crippen molar-refractivity contribution < 1.29 is 32.2 Å². The van der Waals surface area contributed by atoms with Crippen LogP contribution in [0.15, 0.2) is 47.4 Å². The first kappa shape index (κ1) is 20.1. The molecule has 1 fully saturated rings. The van der Waals surface area contributed by atoms with E-state index in [0.29, 0.717) is 19.0 Å². The Kier molecular flexibility index (Phi) is 6.18. The number of para-hydroxylation sites is 2. The van der Waals surface area contributed by atoms with Gasteiger partial charge in [-0.3, -0.25) is 0 Å². The number of ether oxygens (including phenoxy) is 4. The number of esters is 1. The molecule has 8 nitrogen and oxygen atoms in total. The maximum absolute atomic E-state index is 13.0. The third-order valence-electron chi connectivity index (χ3n) is 4.26. The van der Waals surface area contributed by atoms with Crippen LogP contribution in [0.4, 0.5) is 0 Å². The molecule has 0 unspecified atom stereocenters. The average molecular weight is 407 g/mol. The number of hydrogen-bond acceptors (Lipinski definition) is 7. The summed E-state index contributed by atoms with van der Waals surface area (Å²) in [6, 6.07) is 10.9. The predicted octanol–water partition coefficient (Wildman–Crippen LogP) is 1.94. The van der Waals surface area contributed by atoms with Crippen molar-refractivity contribution in [3.05, 3.63) is 48.0 Å². The number of morpholine rings is 1.